The Morgan fingerprint density at radius 1 is 1.67 bits per heavy atom. The molecule has 12 heavy (non-hydrogen) atoms. The lowest BCUT2D eigenvalue weighted by Crippen LogP contribution is -2.13. The van der Waals surface area contributed by atoms with Gasteiger partial charge in [-0.25, -0.2) is 13.6 Å². The van der Waals surface area contributed by atoms with E-state index in [1.165, 1.54) is 6.08 Å². The molecule has 0 bridgehead atoms. The molecular formula is C8H11NO2S. The molecule has 0 saturated heterocycles. The maximum atomic E-state index is 10.8. The van der Waals surface area contributed by atoms with E-state index < -0.39 is 10.0 Å². The molecule has 0 atom stereocenters. The Labute approximate surface area is 73.0 Å². The van der Waals surface area contributed by atoms with Crippen molar-refractivity contribution < 1.29 is 8.42 Å². The molecule has 0 amide bonds. The molecular weight excluding hydrogens is 174 g/mol. The van der Waals surface area contributed by atoms with E-state index >= 15 is 0 Å². The lowest BCUT2D eigenvalue weighted by molar-refractivity contribution is 0.604. The van der Waals surface area contributed by atoms with Crippen molar-refractivity contribution in [2.45, 2.75) is 13.3 Å². The van der Waals surface area contributed by atoms with Crippen LogP contribution in [-0.2, 0) is 10.0 Å². The number of allylic oxidation sites excluding steroid dienone is 3. The number of rotatable bonds is 3. The van der Waals surface area contributed by atoms with Gasteiger partial charge in [-0.05, 0) is 12.5 Å². The van der Waals surface area contributed by atoms with Crippen LogP contribution >= 0.6 is 0 Å². The average molecular weight is 185 g/mol. The Balaban J connectivity index is 4.87. The first-order chi connectivity index (χ1) is 5.52. The van der Waals surface area contributed by atoms with Gasteiger partial charge in [0, 0.05) is 6.08 Å². The standard InChI is InChI=1S/C8H11NO2S/c1-3-5-7-8(6-4-2)12(9,10)11/h2,5-7H,3H2,1H3,(H2,9,10,11)/b7-5-,8-6+. The number of nitrogens with two attached hydrogens (primary N) is 1. The summed E-state index contributed by atoms with van der Waals surface area (Å²) in [7, 11) is -3.67. The van der Waals surface area contributed by atoms with E-state index in [2.05, 4.69) is 5.92 Å². The summed E-state index contributed by atoms with van der Waals surface area (Å²) >= 11 is 0. The molecule has 2 N–H and O–H groups in total. The van der Waals surface area contributed by atoms with E-state index in [9.17, 15) is 8.42 Å². The number of hydrogen-bond donors (Lipinski definition) is 1. The van der Waals surface area contributed by atoms with E-state index in [1.54, 1.807) is 6.08 Å². The predicted octanol–water partition coefficient (Wildman–Crippen LogP) is 0.758. The van der Waals surface area contributed by atoms with Gasteiger partial charge in [-0.3, -0.25) is 0 Å². The van der Waals surface area contributed by atoms with Gasteiger partial charge < -0.3 is 0 Å². The molecule has 0 rings (SSSR count). The molecule has 0 aromatic heterocycles. The van der Waals surface area contributed by atoms with Crippen LogP contribution in [-0.4, -0.2) is 8.42 Å². The fourth-order valence-electron chi connectivity index (χ4n) is 0.541. The molecule has 0 fully saturated rings. The quantitative estimate of drug-likeness (QED) is 0.521. The van der Waals surface area contributed by atoms with Crippen molar-refractivity contribution in [2.75, 3.05) is 0 Å². The number of terminal acetylenes is 1. The van der Waals surface area contributed by atoms with E-state index in [4.69, 9.17) is 11.6 Å². The van der Waals surface area contributed by atoms with Crippen LogP contribution in [0.15, 0.2) is 23.1 Å². The third-order valence-corrected chi connectivity index (χ3v) is 1.98. The largest absolute Gasteiger partial charge is 0.238 e. The summed E-state index contributed by atoms with van der Waals surface area (Å²) < 4.78 is 21.6. The SMILES string of the molecule is C#C/C=C(\C=C/CC)S(N)(=O)=O. The molecule has 3 nitrogen and oxygen atoms in total. The Morgan fingerprint density at radius 2 is 2.25 bits per heavy atom. The van der Waals surface area contributed by atoms with Crippen LogP contribution in [0.3, 0.4) is 0 Å². The predicted molar refractivity (Wildman–Crippen MR) is 49.5 cm³/mol. The molecule has 0 spiro atoms. The van der Waals surface area contributed by atoms with Crippen LogP contribution in [0.5, 0.6) is 0 Å². The zero-order valence-corrected chi connectivity index (χ0v) is 7.64. The topological polar surface area (TPSA) is 60.2 Å². The summed E-state index contributed by atoms with van der Waals surface area (Å²) in [5, 5.41) is 4.86. The van der Waals surface area contributed by atoms with Gasteiger partial charge in [0.25, 0.3) is 0 Å². The second-order valence-corrected chi connectivity index (χ2v) is 3.63. The molecule has 0 aromatic rings. The molecule has 0 saturated carbocycles. The lowest BCUT2D eigenvalue weighted by Gasteiger charge is -1.94. The van der Waals surface area contributed by atoms with E-state index in [0.717, 1.165) is 12.5 Å². The van der Waals surface area contributed by atoms with Crippen LogP contribution < -0.4 is 5.14 Å². The van der Waals surface area contributed by atoms with Gasteiger partial charge in [0.1, 0.15) is 0 Å². The molecule has 4 heteroatoms. The minimum absolute atomic E-state index is 0.0353. The van der Waals surface area contributed by atoms with Gasteiger partial charge in [-0.1, -0.05) is 18.9 Å². The fourth-order valence-corrected chi connectivity index (χ4v) is 1.06. The highest BCUT2D eigenvalue weighted by molar-refractivity contribution is 7.93. The molecule has 66 valence electrons. The number of hydrogen-bond acceptors (Lipinski definition) is 2. The summed E-state index contributed by atoms with van der Waals surface area (Å²) in [6.07, 6.45) is 9.85. The molecule has 0 unspecified atom stereocenters. The van der Waals surface area contributed by atoms with Crippen LogP contribution in [0.25, 0.3) is 0 Å². The van der Waals surface area contributed by atoms with Crippen molar-refractivity contribution in [3.8, 4) is 12.3 Å². The van der Waals surface area contributed by atoms with Gasteiger partial charge in [0.2, 0.25) is 10.0 Å². The number of primary sulfonamides is 1. The van der Waals surface area contributed by atoms with Gasteiger partial charge in [-0.15, -0.1) is 6.42 Å². The lowest BCUT2D eigenvalue weighted by atomic mass is 10.4. The van der Waals surface area contributed by atoms with Crippen molar-refractivity contribution in [2.24, 2.45) is 5.14 Å². The van der Waals surface area contributed by atoms with Crippen molar-refractivity contribution in [1.29, 1.82) is 0 Å². The summed E-state index contributed by atoms with van der Waals surface area (Å²) in [6, 6.07) is 0. The normalized spacial score (nSPS) is 13.2. The van der Waals surface area contributed by atoms with Crippen molar-refractivity contribution in [1.82, 2.24) is 0 Å². The van der Waals surface area contributed by atoms with E-state index in [-0.39, 0.29) is 4.91 Å². The second kappa shape index (κ2) is 4.75. The first-order valence-corrected chi connectivity index (χ1v) is 4.92. The molecule has 0 radical (unpaired) electrons. The van der Waals surface area contributed by atoms with Crippen molar-refractivity contribution >= 4 is 10.0 Å². The summed E-state index contributed by atoms with van der Waals surface area (Å²) in [6.45, 7) is 1.88. The monoisotopic (exact) mass is 185 g/mol. The van der Waals surface area contributed by atoms with E-state index in [1.807, 2.05) is 6.92 Å². The first kappa shape index (κ1) is 11.0. The fraction of sp³-hybridized carbons (Fsp3) is 0.250. The minimum Gasteiger partial charge on any atom is -0.225 e. The van der Waals surface area contributed by atoms with Gasteiger partial charge in [0.05, 0.1) is 4.91 Å². The smallest absolute Gasteiger partial charge is 0.225 e. The summed E-state index contributed by atoms with van der Waals surface area (Å²) in [4.78, 5) is -0.0353. The Bertz CT molecular complexity index is 331. The third kappa shape index (κ3) is 3.96. The minimum atomic E-state index is -3.67. The zero-order valence-electron chi connectivity index (χ0n) is 6.82. The molecule has 0 aliphatic rings. The maximum absolute atomic E-state index is 10.8. The highest BCUT2D eigenvalue weighted by atomic mass is 32.2. The average Bonchev–Trinajstić information content (AvgIpc) is 1.95. The second-order valence-electron chi connectivity index (χ2n) is 2.07. The van der Waals surface area contributed by atoms with Gasteiger partial charge in [0.15, 0.2) is 0 Å². The molecule has 0 aliphatic carbocycles. The van der Waals surface area contributed by atoms with Gasteiger partial charge in [-0.2, -0.15) is 0 Å². The highest BCUT2D eigenvalue weighted by Crippen LogP contribution is 2.03. The molecule has 0 aromatic carbocycles. The number of sulfonamides is 1. The van der Waals surface area contributed by atoms with Crippen molar-refractivity contribution in [3.05, 3.63) is 23.1 Å². The zero-order chi connectivity index (χ0) is 9.61. The highest BCUT2D eigenvalue weighted by Gasteiger charge is 2.06. The first-order valence-electron chi connectivity index (χ1n) is 3.38. The van der Waals surface area contributed by atoms with Crippen LogP contribution in [0, 0.1) is 12.3 Å². The van der Waals surface area contributed by atoms with Crippen LogP contribution in [0.1, 0.15) is 13.3 Å². The maximum Gasteiger partial charge on any atom is 0.238 e. The molecule has 0 aliphatic heterocycles. The van der Waals surface area contributed by atoms with Crippen LogP contribution in [0.2, 0.25) is 0 Å². The summed E-state index contributed by atoms with van der Waals surface area (Å²) in [5.74, 6) is 2.11. The third-order valence-electron chi connectivity index (χ3n) is 1.07. The van der Waals surface area contributed by atoms with E-state index in [0.29, 0.717) is 0 Å². The Kier molecular flexibility index (Phi) is 4.34. The van der Waals surface area contributed by atoms with Crippen LogP contribution in [0.4, 0.5) is 0 Å². The molecule has 0 heterocycles. The Morgan fingerprint density at radius 3 is 2.58 bits per heavy atom. The Hall–Kier alpha value is -1.05. The van der Waals surface area contributed by atoms with Crippen molar-refractivity contribution in [3.63, 3.8) is 0 Å². The van der Waals surface area contributed by atoms with Gasteiger partial charge >= 0.3 is 0 Å². The summed E-state index contributed by atoms with van der Waals surface area (Å²) in [5.41, 5.74) is 0.